The molecule has 0 aliphatic rings. The number of aliphatic hydroxyl groups is 1. The van der Waals surface area contributed by atoms with Crippen LogP contribution in [-0.4, -0.2) is 29.9 Å². The van der Waals surface area contributed by atoms with E-state index in [9.17, 15) is 18.1 Å². The number of unbranched alkanes of at least 4 members (excludes halogenated alkanes) is 18. The molecule has 1 N–H and O–H groups in total. The molecule has 0 heterocycles. The van der Waals surface area contributed by atoms with E-state index in [0.717, 1.165) is 19.3 Å². The predicted octanol–water partition coefficient (Wildman–Crippen LogP) is 3.72. The Morgan fingerprint density at radius 2 is 0.828 bits per heavy atom. The first-order valence-corrected chi connectivity index (χ1v) is 13.6. The van der Waals surface area contributed by atoms with E-state index in [4.69, 9.17) is 0 Å². The molecular formula is C23H47NaO4S. The van der Waals surface area contributed by atoms with Crippen molar-refractivity contribution in [3.8, 4) is 0 Å². The van der Waals surface area contributed by atoms with Gasteiger partial charge in [-0.05, 0) is 19.8 Å². The Labute approximate surface area is 204 Å². The second-order valence-electron chi connectivity index (χ2n) is 8.62. The SMILES string of the molecule is CC(O)CCCCCCCCCCCCCCCCCCCCCS(=O)(=O)[O-].[Na+]. The van der Waals surface area contributed by atoms with Gasteiger partial charge in [0.25, 0.3) is 0 Å². The van der Waals surface area contributed by atoms with Gasteiger partial charge in [-0.2, -0.15) is 0 Å². The van der Waals surface area contributed by atoms with Crippen LogP contribution in [0.3, 0.4) is 0 Å². The first-order chi connectivity index (χ1) is 13.4. The summed E-state index contributed by atoms with van der Waals surface area (Å²) in [6, 6.07) is 0. The van der Waals surface area contributed by atoms with Crippen LogP contribution in [0.1, 0.15) is 135 Å². The number of rotatable bonds is 22. The minimum absolute atomic E-state index is 0. The molecule has 6 heteroatoms. The van der Waals surface area contributed by atoms with Gasteiger partial charge in [0.05, 0.1) is 16.2 Å². The Morgan fingerprint density at radius 1 is 0.586 bits per heavy atom. The van der Waals surface area contributed by atoms with E-state index in [0.29, 0.717) is 6.42 Å². The fourth-order valence-electron chi connectivity index (χ4n) is 3.72. The summed E-state index contributed by atoms with van der Waals surface area (Å²) in [6.07, 6.45) is 24.4. The van der Waals surface area contributed by atoms with Crippen LogP contribution >= 0.6 is 0 Å². The third kappa shape index (κ3) is 31.1. The largest absolute Gasteiger partial charge is 1.00 e. The second kappa shape index (κ2) is 23.5. The van der Waals surface area contributed by atoms with Crippen LogP contribution in [0.15, 0.2) is 0 Å². The van der Waals surface area contributed by atoms with Crippen LogP contribution in [0, 0.1) is 0 Å². The van der Waals surface area contributed by atoms with E-state index in [2.05, 4.69) is 0 Å². The average molecular weight is 443 g/mol. The molecule has 0 aromatic rings. The Bertz CT molecular complexity index is 413. The molecule has 0 aromatic carbocycles. The number of hydrogen-bond donors (Lipinski definition) is 1. The third-order valence-electron chi connectivity index (χ3n) is 5.52. The zero-order valence-electron chi connectivity index (χ0n) is 19.5. The molecule has 0 aliphatic carbocycles. The van der Waals surface area contributed by atoms with Crippen molar-refractivity contribution in [1.29, 1.82) is 0 Å². The van der Waals surface area contributed by atoms with Crippen LogP contribution in [-0.2, 0) is 10.1 Å². The van der Waals surface area contributed by atoms with Gasteiger partial charge in [0.1, 0.15) is 0 Å². The number of aliphatic hydroxyl groups excluding tert-OH is 1. The second-order valence-corrected chi connectivity index (χ2v) is 10.1. The predicted molar refractivity (Wildman–Crippen MR) is 119 cm³/mol. The Hall–Kier alpha value is 0.870. The fourth-order valence-corrected chi connectivity index (χ4v) is 4.28. The summed E-state index contributed by atoms with van der Waals surface area (Å²) in [6.45, 7) is 1.88. The molecule has 0 aliphatic heterocycles. The van der Waals surface area contributed by atoms with Crippen LogP contribution < -0.4 is 29.6 Å². The zero-order valence-corrected chi connectivity index (χ0v) is 22.3. The van der Waals surface area contributed by atoms with Gasteiger partial charge in [0, 0.05) is 5.75 Å². The topological polar surface area (TPSA) is 77.4 Å². The average Bonchev–Trinajstić information content (AvgIpc) is 2.61. The summed E-state index contributed by atoms with van der Waals surface area (Å²) in [4.78, 5) is 0. The Balaban J connectivity index is 0. The van der Waals surface area contributed by atoms with Crippen LogP contribution in [0.5, 0.6) is 0 Å². The van der Waals surface area contributed by atoms with Gasteiger partial charge in [-0.3, -0.25) is 0 Å². The number of hydrogen-bond acceptors (Lipinski definition) is 4. The zero-order chi connectivity index (χ0) is 20.9. The van der Waals surface area contributed by atoms with Gasteiger partial charge in [0.15, 0.2) is 0 Å². The van der Waals surface area contributed by atoms with Crippen molar-refractivity contribution >= 4 is 10.1 Å². The molecule has 29 heavy (non-hydrogen) atoms. The summed E-state index contributed by atoms with van der Waals surface area (Å²) < 4.78 is 31.4. The van der Waals surface area contributed by atoms with Crippen LogP contribution in [0.2, 0.25) is 0 Å². The molecule has 0 saturated carbocycles. The standard InChI is InChI=1S/C23H48O4S.Na/c1-23(24)21-19-17-15-13-11-9-7-5-3-2-4-6-8-10-12-14-16-18-20-22-28(25,26)27;/h23-24H,2-22H2,1H3,(H,25,26,27);/q;+1/p-1. The monoisotopic (exact) mass is 442 g/mol. The molecule has 0 saturated heterocycles. The van der Waals surface area contributed by atoms with Gasteiger partial charge in [-0.1, -0.05) is 116 Å². The van der Waals surface area contributed by atoms with Crippen molar-refractivity contribution in [1.82, 2.24) is 0 Å². The van der Waals surface area contributed by atoms with Gasteiger partial charge in [-0.15, -0.1) is 0 Å². The van der Waals surface area contributed by atoms with Crippen molar-refractivity contribution in [3.05, 3.63) is 0 Å². The maximum absolute atomic E-state index is 10.5. The molecule has 0 bridgehead atoms. The van der Waals surface area contributed by atoms with E-state index in [-0.39, 0.29) is 41.4 Å². The van der Waals surface area contributed by atoms with Crippen LogP contribution in [0.4, 0.5) is 0 Å². The van der Waals surface area contributed by atoms with Crippen molar-refractivity contribution in [2.75, 3.05) is 5.75 Å². The van der Waals surface area contributed by atoms with Crippen molar-refractivity contribution in [3.63, 3.8) is 0 Å². The minimum atomic E-state index is -4.01. The summed E-state index contributed by atoms with van der Waals surface area (Å²) in [5, 5.41) is 9.20. The van der Waals surface area contributed by atoms with Gasteiger partial charge in [-0.25, -0.2) is 8.42 Å². The van der Waals surface area contributed by atoms with Gasteiger partial charge < -0.3 is 9.66 Å². The first-order valence-electron chi connectivity index (χ1n) is 12.0. The molecule has 0 amide bonds. The molecule has 0 radical (unpaired) electrons. The van der Waals surface area contributed by atoms with Crippen molar-refractivity contribution in [2.24, 2.45) is 0 Å². The summed E-state index contributed by atoms with van der Waals surface area (Å²) >= 11 is 0. The first kappa shape index (κ1) is 32.1. The van der Waals surface area contributed by atoms with Crippen molar-refractivity contribution < 1.29 is 47.6 Å². The summed E-state index contributed by atoms with van der Waals surface area (Å²) in [5.74, 6) is -0.197. The fraction of sp³-hybridized carbons (Fsp3) is 1.00. The van der Waals surface area contributed by atoms with E-state index < -0.39 is 10.1 Å². The summed E-state index contributed by atoms with van der Waals surface area (Å²) in [7, 11) is -4.01. The quantitative estimate of drug-likeness (QED) is 0.157. The normalized spacial score (nSPS) is 12.7. The Morgan fingerprint density at radius 3 is 1.07 bits per heavy atom. The molecule has 0 rings (SSSR count). The molecule has 1 unspecified atom stereocenters. The minimum Gasteiger partial charge on any atom is -0.748 e. The van der Waals surface area contributed by atoms with Gasteiger partial charge in [0.2, 0.25) is 0 Å². The van der Waals surface area contributed by atoms with Gasteiger partial charge >= 0.3 is 29.6 Å². The van der Waals surface area contributed by atoms with E-state index in [1.165, 1.54) is 103 Å². The van der Waals surface area contributed by atoms with Crippen molar-refractivity contribution in [2.45, 2.75) is 141 Å². The molecular weight excluding hydrogens is 395 g/mol. The van der Waals surface area contributed by atoms with Crippen LogP contribution in [0.25, 0.3) is 0 Å². The molecule has 0 fully saturated rings. The summed E-state index contributed by atoms with van der Waals surface area (Å²) in [5.41, 5.74) is 0. The molecule has 0 spiro atoms. The Kier molecular flexibility index (Phi) is 26.0. The maximum atomic E-state index is 10.5. The molecule has 170 valence electrons. The van der Waals surface area contributed by atoms with E-state index in [1.807, 2.05) is 6.92 Å². The molecule has 4 nitrogen and oxygen atoms in total. The molecule has 1 atom stereocenters. The van der Waals surface area contributed by atoms with E-state index in [1.54, 1.807) is 0 Å². The smallest absolute Gasteiger partial charge is 0.748 e. The maximum Gasteiger partial charge on any atom is 1.00 e. The van der Waals surface area contributed by atoms with E-state index >= 15 is 0 Å². The molecule has 0 aromatic heterocycles. The third-order valence-corrected chi connectivity index (χ3v) is 6.30.